The van der Waals surface area contributed by atoms with E-state index >= 15 is 0 Å². The zero-order valence-electron chi connectivity index (χ0n) is 32.0. The van der Waals surface area contributed by atoms with Gasteiger partial charge >= 0.3 is 0 Å². The van der Waals surface area contributed by atoms with Crippen molar-refractivity contribution >= 4 is 0 Å². The minimum Gasteiger partial charge on any atom is -0.487 e. The monoisotopic (exact) mass is 665 g/mol. The first-order chi connectivity index (χ1) is 23.3. The van der Waals surface area contributed by atoms with Crippen molar-refractivity contribution < 1.29 is 9.47 Å². The fourth-order valence-corrected chi connectivity index (χ4v) is 17.9. The lowest BCUT2D eigenvalue weighted by molar-refractivity contribution is -0.0229. The van der Waals surface area contributed by atoms with Crippen molar-refractivity contribution in [3.05, 3.63) is 28.8 Å². The highest BCUT2D eigenvalue weighted by atomic mass is 16.6. The van der Waals surface area contributed by atoms with E-state index in [0.29, 0.717) is 16.2 Å². The lowest BCUT2D eigenvalue weighted by atomic mass is 9.43. The first-order valence-corrected chi connectivity index (χ1v) is 21.8. The van der Waals surface area contributed by atoms with E-state index in [0.717, 1.165) is 66.3 Å². The van der Waals surface area contributed by atoms with Crippen LogP contribution in [0.1, 0.15) is 173 Å². The molecule has 2 nitrogen and oxygen atoms in total. The van der Waals surface area contributed by atoms with E-state index in [-0.39, 0.29) is 23.0 Å². The van der Waals surface area contributed by atoms with Crippen LogP contribution in [0.3, 0.4) is 0 Å². The maximum atomic E-state index is 7.95. The lowest BCUT2D eigenvalue weighted by Crippen LogP contribution is -2.53. The van der Waals surface area contributed by atoms with Gasteiger partial charge in [0.25, 0.3) is 0 Å². The van der Waals surface area contributed by atoms with Crippen LogP contribution < -0.4 is 4.74 Å². The quantitative estimate of drug-likeness (QED) is 0.258. The molecule has 0 N–H and O–H groups in total. The van der Waals surface area contributed by atoms with E-state index in [4.69, 9.17) is 9.47 Å². The van der Waals surface area contributed by atoms with E-state index in [1.54, 1.807) is 11.1 Å². The molecule has 14 rings (SSSR count). The van der Waals surface area contributed by atoms with Crippen molar-refractivity contribution in [2.45, 2.75) is 185 Å². The van der Waals surface area contributed by atoms with Gasteiger partial charge in [0.1, 0.15) is 18.0 Å². The first-order valence-electron chi connectivity index (χ1n) is 21.8. The summed E-state index contributed by atoms with van der Waals surface area (Å²) >= 11 is 0. The Morgan fingerprint density at radius 2 is 0.980 bits per heavy atom. The number of epoxide rings is 1. The second-order valence-electron chi connectivity index (χ2n) is 23.6. The summed E-state index contributed by atoms with van der Waals surface area (Å²) in [4.78, 5) is 0. The van der Waals surface area contributed by atoms with Crippen molar-refractivity contribution in [2.24, 2.45) is 64.1 Å². The summed E-state index contributed by atoms with van der Waals surface area (Å²) in [5.74, 6) is 10.1. The summed E-state index contributed by atoms with van der Waals surface area (Å²) in [6, 6.07) is 5.79. The highest BCUT2D eigenvalue weighted by molar-refractivity contribution is 5.56. The third-order valence-electron chi connectivity index (χ3n) is 17.6. The summed E-state index contributed by atoms with van der Waals surface area (Å²) in [6.07, 6.45) is 28.4. The molecule has 0 amide bonds. The molecule has 13 aliphatic rings. The Hall–Kier alpha value is -1.02. The Morgan fingerprint density at radius 1 is 0.592 bits per heavy atom. The van der Waals surface area contributed by atoms with Crippen LogP contribution in [0.4, 0.5) is 0 Å². The van der Waals surface area contributed by atoms with Crippen LogP contribution in [-0.2, 0) is 21.0 Å². The number of ether oxygens (including phenoxy) is 2. The molecule has 1 aliphatic heterocycles. The van der Waals surface area contributed by atoms with Gasteiger partial charge in [-0.2, -0.15) is 0 Å². The van der Waals surface area contributed by atoms with Crippen LogP contribution in [0.2, 0.25) is 0 Å². The van der Waals surface area contributed by atoms with Crippen LogP contribution in [0, 0.1) is 64.1 Å². The molecule has 13 fully saturated rings. The predicted molar refractivity (Wildman–Crippen MR) is 198 cm³/mol. The van der Waals surface area contributed by atoms with E-state index in [2.05, 4.69) is 46.8 Å². The first kappa shape index (κ1) is 31.5. The minimum atomic E-state index is 0.0513. The van der Waals surface area contributed by atoms with Gasteiger partial charge in [-0.1, -0.05) is 40.7 Å². The van der Waals surface area contributed by atoms with Crippen molar-refractivity contribution in [1.29, 1.82) is 0 Å². The molecule has 2 heteroatoms. The average molecular weight is 665 g/mol. The number of benzene rings is 1. The molecule has 49 heavy (non-hydrogen) atoms. The third kappa shape index (κ3) is 5.07. The zero-order valence-corrected chi connectivity index (χ0v) is 32.0. The van der Waals surface area contributed by atoms with Crippen molar-refractivity contribution in [2.75, 3.05) is 6.61 Å². The summed E-state index contributed by atoms with van der Waals surface area (Å²) in [5.41, 5.74) is 6.90. The van der Waals surface area contributed by atoms with Gasteiger partial charge in [-0.05, 0) is 209 Å². The van der Waals surface area contributed by atoms with Gasteiger partial charge in [-0.25, -0.2) is 0 Å². The van der Waals surface area contributed by atoms with Gasteiger partial charge in [0.15, 0.2) is 0 Å². The smallest absolute Gasteiger partial charge is 0.132 e. The lowest BCUT2D eigenvalue weighted by Gasteiger charge is -2.61. The summed E-state index contributed by atoms with van der Waals surface area (Å²) < 4.78 is 14.2. The Balaban J connectivity index is 1.12. The molecule has 0 radical (unpaired) electrons. The van der Waals surface area contributed by atoms with Gasteiger partial charge < -0.3 is 9.47 Å². The molecule has 0 spiro atoms. The molecule has 1 aromatic rings. The van der Waals surface area contributed by atoms with E-state index < -0.39 is 0 Å². The van der Waals surface area contributed by atoms with Gasteiger partial charge in [0.05, 0.1) is 6.61 Å². The fraction of sp³-hybridized carbons (Fsp3) is 0.872. The van der Waals surface area contributed by atoms with Crippen LogP contribution in [-0.4, -0.2) is 18.8 Å². The van der Waals surface area contributed by atoms with Crippen molar-refractivity contribution in [1.82, 2.24) is 0 Å². The Labute approximate surface area is 299 Å². The molecule has 2 unspecified atom stereocenters. The molecule has 1 saturated heterocycles. The normalized spacial score (nSPS) is 49.2. The third-order valence-corrected chi connectivity index (χ3v) is 17.6. The van der Waals surface area contributed by atoms with Crippen molar-refractivity contribution in [3.8, 4) is 5.75 Å². The maximum absolute atomic E-state index is 7.95. The maximum Gasteiger partial charge on any atom is 0.132 e. The van der Waals surface area contributed by atoms with Crippen LogP contribution in [0.15, 0.2) is 12.1 Å². The molecule has 1 heterocycles. The SMILES string of the molecule is CC(C)(C)CC(C)(C)C(Oc1cc(C23CC4CC(CC(C4)C2)C3)cc(C23CC4CC(CC(C4)C2)C3)c1C12CC3CC(CC(C3)C1)C2)C1CO1. The Morgan fingerprint density at radius 3 is 1.37 bits per heavy atom. The second kappa shape index (κ2) is 10.3. The number of rotatable bonds is 8. The molecule has 12 bridgehead atoms. The highest BCUT2D eigenvalue weighted by Gasteiger charge is 2.59. The molecule has 0 aromatic heterocycles. The summed E-state index contributed by atoms with van der Waals surface area (Å²) in [5, 5.41) is 0. The molecule has 2 atom stereocenters. The van der Waals surface area contributed by atoms with Gasteiger partial charge in [-0.15, -0.1) is 0 Å². The number of hydrogen-bond donors (Lipinski definition) is 0. The molecular weight excluding hydrogens is 597 g/mol. The zero-order chi connectivity index (χ0) is 33.1. The molecule has 268 valence electrons. The highest BCUT2D eigenvalue weighted by Crippen LogP contribution is 2.69. The topological polar surface area (TPSA) is 21.8 Å². The molecular formula is C47H68O2. The number of hydrogen-bond acceptors (Lipinski definition) is 2. The second-order valence-corrected chi connectivity index (χ2v) is 23.6. The summed E-state index contributed by atoms with van der Waals surface area (Å²) in [7, 11) is 0. The van der Waals surface area contributed by atoms with Crippen LogP contribution in [0.5, 0.6) is 5.75 Å². The van der Waals surface area contributed by atoms with Crippen molar-refractivity contribution in [3.63, 3.8) is 0 Å². The Kier molecular flexibility index (Phi) is 6.65. The molecule has 12 saturated carbocycles. The van der Waals surface area contributed by atoms with E-state index in [1.165, 1.54) is 121 Å². The van der Waals surface area contributed by atoms with Crippen LogP contribution >= 0.6 is 0 Å². The largest absolute Gasteiger partial charge is 0.487 e. The summed E-state index contributed by atoms with van der Waals surface area (Å²) in [6.45, 7) is 13.2. The van der Waals surface area contributed by atoms with E-state index in [1.807, 2.05) is 5.56 Å². The molecule has 12 aliphatic carbocycles. The van der Waals surface area contributed by atoms with Gasteiger partial charge in [0, 0.05) is 16.4 Å². The Bertz CT molecular complexity index is 1390. The van der Waals surface area contributed by atoms with Gasteiger partial charge in [0.2, 0.25) is 0 Å². The predicted octanol–water partition coefficient (Wildman–Crippen LogP) is 11.7. The van der Waals surface area contributed by atoms with E-state index in [9.17, 15) is 0 Å². The molecule has 1 aromatic carbocycles. The van der Waals surface area contributed by atoms with Gasteiger partial charge in [-0.3, -0.25) is 0 Å². The minimum absolute atomic E-state index is 0.0513. The average Bonchev–Trinajstić information content (AvgIpc) is 3.81. The fourth-order valence-electron chi connectivity index (χ4n) is 17.9. The standard InChI is InChI=1S/C47H68O2/c1-43(2,3)27-44(4,5)42(40-26-48-40)49-39-16-37(45-17-28-6-29(18-45)8-30(7-28)19-45)15-38(46-20-31-9-32(21-46)11-33(10-31)22-46)41(39)47-23-34-12-35(24-47)14-36(13-34)25-47/h15-16,28-36,40,42H,6-14,17-27H2,1-5H3. The van der Waals surface area contributed by atoms with Crippen LogP contribution in [0.25, 0.3) is 0 Å².